The van der Waals surface area contributed by atoms with E-state index in [0.717, 1.165) is 11.1 Å². The van der Waals surface area contributed by atoms with Crippen LogP contribution in [0.2, 0.25) is 0 Å². The number of amides is 2. The minimum Gasteiger partial charge on any atom is -0.475 e. The molecule has 5 rings (SSSR count). The molecule has 1 aliphatic carbocycles. The molecule has 2 aromatic carbocycles. The number of nitrogens with one attached hydrogen (secondary N) is 3. The largest absolute Gasteiger partial charge is 0.490 e. The van der Waals surface area contributed by atoms with Crippen molar-refractivity contribution < 1.29 is 45.5 Å². The number of aliphatic carboxylic acids is 1. The second kappa shape index (κ2) is 12.4. The molecular weight excluding hydrogens is 607 g/mol. The molecule has 12 nitrogen and oxygen atoms in total. The second-order valence-corrected chi connectivity index (χ2v) is 12.7. The average molecular weight is 638 g/mol. The van der Waals surface area contributed by atoms with Crippen molar-refractivity contribution >= 4 is 55.4 Å². The van der Waals surface area contributed by atoms with E-state index in [1.165, 1.54) is 12.1 Å². The third kappa shape index (κ3) is 7.47. The summed E-state index contributed by atoms with van der Waals surface area (Å²) in [7, 11) is -4.06. The Hall–Kier alpha value is -4.20. The number of hydrogen-bond donors (Lipinski definition) is 4. The summed E-state index contributed by atoms with van der Waals surface area (Å²) in [5, 5.41) is 23.5. The summed E-state index contributed by atoms with van der Waals surface area (Å²) in [5.74, 6) is -3.23. The maximum Gasteiger partial charge on any atom is 0.490 e. The van der Waals surface area contributed by atoms with Crippen molar-refractivity contribution in [2.75, 3.05) is 24.5 Å². The summed E-state index contributed by atoms with van der Waals surface area (Å²) in [6, 6.07) is 11.1. The predicted octanol–water partition coefficient (Wildman–Crippen LogP) is 3.02. The number of halogens is 3. The Morgan fingerprint density at radius 2 is 1.84 bits per heavy atom. The molecule has 16 heteroatoms. The van der Waals surface area contributed by atoms with Crippen LogP contribution in [-0.4, -0.2) is 68.7 Å². The number of piperazine rings is 1. The summed E-state index contributed by atoms with van der Waals surface area (Å²) < 4.78 is 66.9. The number of carboxylic acids is 1. The molecule has 4 N–H and O–H groups in total. The van der Waals surface area contributed by atoms with Crippen LogP contribution in [0.15, 0.2) is 45.7 Å². The molecule has 2 heterocycles. The van der Waals surface area contributed by atoms with Gasteiger partial charge in [-0.15, -0.1) is 0 Å². The smallest absolute Gasteiger partial charge is 0.475 e. The number of hydrogen-bond acceptors (Lipinski definition) is 8. The van der Waals surface area contributed by atoms with Gasteiger partial charge in [-0.1, -0.05) is 13.8 Å². The fraction of sp³-hybridized carbons (Fsp3) is 0.429. The summed E-state index contributed by atoms with van der Waals surface area (Å²) in [4.78, 5) is 35.8. The van der Waals surface area contributed by atoms with Gasteiger partial charge in [0.05, 0.1) is 17.5 Å². The van der Waals surface area contributed by atoms with E-state index in [4.69, 9.17) is 14.3 Å². The van der Waals surface area contributed by atoms with Crippen LogP contribution in [0.3, 0.4) is 0 Å². The average Bonchev–Trinajstić information content (AvgIpc) is 3.62. The van der Waals surface area contributed by atoms with E-state index >= 15 is 0 Å². The van der Waals surface area contributed by atoms with Gasteiger partial charge >= 0.3 is 12.1 Å². The number of anilines is 1. The third-order valence-corrected chi connectivity index (χ3v) is 8.50. The van der Waals surface area contributed by atoms with Gasteiger partial charge < -0.3 is 25.1 Å². The Bertz CT molecular complexity index is 1740. The number of sulfonamides is 1. The maximum atomic E-state index is 13.3. The van der Waals surface area contributed by atoms with Crippen LogP contribution in [0, 0.1) is 17.2 Å². The number of benzene rings is 2. The number of carbonyl (C=O) groups excluding carboxylic acids is 2. The van der Waals surface area contributed by atoms with E-state index in [1.807, 2.05) is 26.0 Å². The SMILES string of the molecule is CC(C)C[C@H](NS(=O)(=O)c1ccc2oc3cc(N4CCNCC4=O)ccc3c2c1)C(=O)NC1(C#N)CC1.O=C(O)C(F)(F)F. The van der Waals surface area contributed by atoms with Crippen LogP contribution in [0.4, 0.5) is 18.9 Å². The lowest BCUT2D eigenvalue weighted by atomic mass is 10.0. The molecule has 1 aromatic heterocycles. The minimum absolute atomic E-state index is 0.00651. The van der Waals surface area contributed by atoms with Crippen molar-refractivity contribution in [3.05, 3.63) is 36.4 Å². The van der Waals surface area contributed by atoms with E-state index in [9.17, 15) is 36.4 Å². The van der Waals surface area contributed by atoms with Gasteiger partial charge in [-0.05, 0) is 55.5 Å². The zero-order valence-corrected chi connectivity index (χ0v) is 24.5. The molecule has 1 saturated carbocycles. The zero-order chi connectivity index (χ0) is 32.4. The quantitative estimate of drug-likeness (QED) is 0.289. The summed E-state index contributed by atoms with van der Waals surface area (Å²) in [5.41, 5.74) is 0.894. The van der Waals surface area contributed by atoms with Gasteiger partial charge in [-0.25, -0.2) is 13.2 Å². The molecule has 0 unspecified atom stereocenters. The molecule has 3 aromatic rings. The molecule has 236 valence electrons. The highest BCUT2D eigenvalue weighted by molar-refractivity contribution is 7.89. The molecule has 2 aliphatic rings. The molecule has 1 atom stereocenters. The van der Waals surface area contributed by atoms with Gasteiger partial charge in [0.2, 0.25) is 21.8 Å². The fourth-order valence-corrected chi connectivity index (χ4v) is 5.84. The third-order valence-electron chi connectivity index (χ3n) is 7.03. The summed E-state index contributed by atoms with van der Waals surface area (Å²) >= 11 is 0. The number of fused-ring (bicyclic) bond motifs is 3. The number of carbonyl (C=O) groups is 3. The fourth-order valence-electron chi connectivity index (χ4n) is 4.61. The topological polar surface area (TPSA) is 182 Å². The summed E-state index contributed by atoms with van der Waals surface area (Å²) in [6.45, 7) is 5.33. The molecule has 2 amide bonds. The van der Waals surface area contributed by atoms with Crippen LogP contribution in [0.1, 0.15) is 33.1 Å². The number of carboxylic acid groups (broad SMARTS) is 1. The molecule has 0 radical (unpaired) electrons. The van der Waals surface area contributed by atoms with E-state index in [-0.39, 0.29) is 29.7 Å². The maximum absolute atomic E-state index is 13.3. The lowest BCUT2D eigenvalue weighted by Crippen LogP contribution is -2.50. The second-order valence-electron chi connectivity index (χ2n) is 11.0. The van der Waals surface area contributed by atoms with Gasteiger partial charge in [-0.2, -0.15) is 23.2 Å². The van der Waals surface area contributed by atoms with Crippen LogP contribution in [0.5, 0.6) is 0 Å². The number of rotatable bonds is 8. The Morgan fingerprint density at radius 1 is 1.16 bits per heavy atom. The van der Waals surface area contributed by atoms with Crippen molar-refractivity contribution in [3.63, 3.8) is 0 Å². The minimum atomic E-state index is -5.08. The summed E-state index contributed by atoms with van der Waals surface area (Å²) in [6.07, 6.45) is -3.67. The molecule has 44 heavy (non-hydrogen) atoms. The molecule has 1 aliphatic heterocycles. The number of furan rings is 1. The van der Waals surface area contributed by atoms with Gasteiger partial charge in [0.25, 0.3) is 0 Å². The lowest BCUT2D eigenvalue weighted by molar-refractivity contribution is -0.192. The van der Waals surface area contributed by atoms with Crippen LogP contribution in [0.25, 0.3) is 21.9 Å². The van der Waals surface area contributed by atoms with Crippen molar-refractivity contribution in [1.29, 1.82) is 5.26 Å². The van der Waals surface area contributed by atoms with Crippen molar-refractivity contribution in [1.82, 2.24) is 15.4 Å². The number of alkyl halides is 3. The van der Waals surface area contributed by atoms with Gasteiger partial charge in [0, 0.05) is 35.6 Å². The van der Waals surface area contributed by atoms with Gasteiger partial charge in [-0.3, -0.25) is 9.59 Å². The number of nitriles is 1. The first-order valence-corrected chi connectivity index (χ1v) is 15.1. The Morgan fingerprint density at radius 3 is 2.41 bits per heavy atom. The Kier molecular flexibility index (Phi) is 9.24. The Balaban J connectivity index is 0.000000566. The first-order valence-electron chi connectivity index (χ1n) is 13.6. The Labute approximate surface area is 250 Å². The first kappa shape index (κ1) is 32.7. The highest BCUT2D eigenvalue weighted by Crippen LogP contribution is 2.35. The zero-order valence-electron chi connectivity index (χ0n) is 23.7. The van der Waals surface area contributed by atoms with Crippen LogP contribution >= 0.6 is 0 Å². The van der Waals surface area contributed by atoms with Crippen molar-refractivity contribution in [2.45, 2.75) is 55.8 Å². The van der Waals surface area contributed by atoms with E-state index in [0.29, 0.717) is 42.5 Å². The van der Waals surface area contributed by atoms with Crippen molar-refractivity contribution in [2.24, 2.45) is 5.92 Å². The molecule has 2 fully saturated rings. The predicted molar refractivity (Wildman–Crippen MR) is 152 cm³/mol. The highest BCUT2D eigenvalue weighted by atomic mass is 32.2. The molecule has 1 saturated heterocycles. The van der Waals surface area contributed by atoms with Crippen LogP contribution < -0.4 is 20.3 Å². The highest BCUT2D eigenvalue weighted by Gasteiger charge is 2.46. The molecule has 0 bridgehead atoms. The number of nitrogens with zero attached hydrogens (tertiary/aromatic N) is 2. The monoisotopic (exact) mass is 637 g/mol. The van der Waals surface area contributed by atoms with E-state index in [2.05, 4.69) is 21.4 Å². The van der Waals surface area contributed by atoms with E-state index in [1.54, 1.807) is 17.0 Å². The molecule has 0 spiro atoms. The normalized spacial score (nSPS) is 17.1. The molecular formula is C28H30F3N5O7S. The first-order chi connectivity index (χ1) is 20.5. The van der Waals surface area contributed by atoms with Gasteiger partial charge in [0.15, 0.2) is 0 Å². The van der Waals surface area contributed by atoms with E-state index < -0.39 is 39.7 Å². The standard InChI is InChI=1S/C26H29N5O5S.C2HF3O2/c1-16(2)11-21(25(33)29-26(15-27)7-8-26)30-37(34,35)18-4-6-22-20(13-18)19-5-3-17(12-23(19)36-22)31-10-9-28-14-24(31)32;3-2(4,5)1(6)7/h3-6,12-13,16,21,28,30H,7-11,14H2,1-2H3,(H,29,33);(H,6,7)/t21-;/m0./s1. The lowest BCUT2D eigenvalue weighted by Gasteiger charge is -2.27. The van der Waals surface area contributed by atoms with Gasteiger partial charge in [0.1, 0.15) is 22.7 Å². The van der Waals surface area contributed by atoms with Crippen molar-refractivity contribution in [3.8, 4) is 6.07 Å². The van der Waals surface area contributed by atoms with Crippen LogP contribution in [-0.2, 0) is 24.4 Å².